The molecule has 0 unspecified atom stereocenters. The smallest absolute Gasteiger partial charge is 0.243 e. The lowest BCUT2D eigenvalue weighted by Gasteiger charge is -2.18. The molecule has 0 saturated heterocycles. The molecular formula is C17H20N2O5S. The lowest BCUT2D eigenvalue weighted by molar-refractivity contribution is -0.116. The van der Waals surface area contributed by atoms with E-state index < -0.39 is 15.9 Å². The third kappa shape index (κ3) is 4.49. The van der Waals surface area contributed by atoms with Gasteiger partial charge in [0.05, 0.1) is 25.7 Å². The van der Waals surface area contributed by atoms with Crippen LogP contribution in [0.25, 0.3) is 0 Å². The molecule has 0 aromatic heterocycles. The molecule has 0 heterocycles. The van der Waals surface area contributed by atoms with Gasteiger partial charge in [-0.2, -0.15) is 4.31 Å². The number of likely N-dealkylation sites (N-methyl/N-ethyl adjacent to an activating group) is 1. The van der Waals surface area contributed by atoms with E-state index in [2.05, 4.69) is 5.32 Å². The van der Waals surface area contributed by atoms with E-state index in [-0.39, 0.29) is 11.4 Å². The molecule has 0 aliphatic rings. The summed E-state index contributed by atoms with van der Waals surface area (Å²) in [6.07, 6.45) is 0. The zero-order valence-corrected chi connectivity index (χ0v) is 15.0. The van der Waals surface area contributed by atoms with Crippen LogP contribution in [0, 0.1) is 0 Å². The maximum Gasteiger partial charge on any atom is 0.243 e. The minimum Gasteiger partial charge on any atom is -0.493 e. The molecule has 0 saturated carbocycles. The molecule has 0 aliphatic carbocycles. The molecule has 1 N–H and O–H groups in total. The number of rotatable bonds is 7. The van der Waals surface area contributed by atoms with E-state index in [1.54, 1.807) is 24.3 Å². The molecule has 0 spiro atoms. The summed E-state index contributed by atoms with van der Waals surface area (Å²) in [6, 6.07) is 13.1. The second-order valence-corrected chi connectivity index (χ2v) is 7.24. The van der Waals surface area contributed by atoms with Crippen LogP contribution < -0.4 is 14.8 Å². The zero-order valence-electron chi connectivity index (χ0n) is 14.2. The summed E-state index contributed by atoms with van der Waals surface area (Å²) < 4.78 is 36.5. The van der Waals surface area contributed by atoms with E-state index in [4.69, 9.17) is 9.47 Å². The topological polar surface area (TPSA) is 84.9 Å². The largest absolute Gasteiger partial charge is 0.493 e. The first kappa shape index (κ1) is 18.8. The van der Waals surface area contributed by atoms with Crippen molar-refractivity contribution in [1.29, 1.82) is 0 Å². The van der Waals surface area contributed by atoms with E-state index in [1.807, 2.05) is 6.07 Å². The number of hydrogen-bond acceptors (Lipinski definition) is 5. The molecule has 2 aromatic rings. The quantitative estimate of drug-likeness (QED) is 0.812. The molecule has 0 atom stereocenters. The third-order valence-corrected chi connectivity index (χ3v) is 5.29. The Labute approximate surface area is 147 Å². The number of sulfonamides is 1. The van der Waals surface area contributed by atoms with Gasteiger partial charge in [-0.05, 0) is 24.3 Å². The highest BCUT2D eigenvalue weighted by Gasteiger charge is 2.24. The van der Waals surface area contributed by atoms with Crippen molar-refractivity contribution in [2.24, 2.45) is 0 Å². The van der Waals surface area contributed by atoms with Crippen molar-refractivity contribution in [3.8, 4) is 11.5 Å². The van der Waals surface area contributed by atoms with Crippen LogP contribution in [0.5, 0.6) is 11.5 Å². The van der Waals surface area contributed by atoms with Gasteiger partial charge in [0.15, 0.2) is 11.5 Å². The molecule has 0 fully saturated rings. The number of hydrogen-bond donors (Lipinski definition) is 1. The number of para-hydroxylation sites is 1. The van der Waals surface area contributed by atoms with Gasteiger partial charge < -0.3 is 14.8 Å². The minimum atomic E-state index is -3.85. The van der Waals surface area contributed by atoms with Gasteiger partial charge in [-0.1, -0.05) is 18.2 Å². The van der Waals surface area contributed by atoms with Gasteiger partial charge in [0.25, 0.3) is 0 Å². The normalized spacial score (nSPS) is 11.2. The minimum absolute atomic E-state index is 0.0140. The van der Waals surface area contributed by atoms with E-state index in [1.165, 1.54) is 39.5 Å². The van der Waals surface area contributed by atoms with Crippen LogP contribution in [0.2, 0.25) is 0 Å². The van der Waals surface area contributed by atoms with Gasteiger partial charge in [0, 0.05) is 18.8 Å². The molecule has 0 bridgehead atoms. The van der Waals surface area contributed by atoms with Crippen molar-refractivity contribution >= 4 is 21.6 Å². The van der Waals surface area contributed by atoms with Crippen LogP contribution in [-0.4, -0.2) is 46.4 Å². The van der Waals surface area contributed by atoms with Crippen LogP contribution in [-0.2, 0) is 14.8 Å². The summed E-state index contributed by atoms with van der Waals surface area (Å²) >= 11 is 0. The van der Waals surface area contributed by atoms with Crippen molar-refractivity contribution < 1.29 is 22.7 Å². The lowest BCUT2D eigenvalue weighted by atomic mass is 10.3. The Morgan fingerprint density at radius 2 is 1.68 bits per heavy atom. The van der Waals surface area contributed by atoms with E-state index >= 15 is 0 Å². The van der Waals surface area contributed by atoms with Gasteiger partial charge in [0.2, 0.25) is 15.9 Å². The number of anilines is 1. The average molecular weight is 364 g/mol. The standard InChI is InChI=1S/C17H20N2O5S/c1-19(12-17(20)18-13-7-5-4-6-8-13)25(21,22)14-9-10-15(23-2)16(11-14)24-3/h4-11H,12H2,1-3H3,(H,18,20). The number of carbonyl (C=O) groups is 1. The maximum absolute atomic E-state index is 12.6. The Balaban J connectivity index is 2.14. The van der Waals surface area contributed by atoms with Gasteiger partial charge in [0.1, 0.15) is 0 Å². The lowest BCUT2D eigenvalue weighted by Crippen LogP contribution is -2.35. The summed E-state index contributed by atoms with van der Waals surface area (Å²) in [5, 5.41) is 2.65. The highest BCUT2D eigenvalue weighted by Crippen LogP contribution is 2.30. The Hall–Kier alpha value is -2.58. The van der Waals surface area contributed by atoms with Crippen LogP contribution in [0.4, 0.5) is 5.69 Å². The second-order valence-electron chi connectivity index (χ2n) is 5.19. The zero-order chi connectivity index (χ0) is 18.4. The first-order valence-electron chi connectivity index (χ1n) is 7.41. The van der Waals surface area contributed by atoms with Crippen LogP contribution in [0.3, 0.4) is 0 Å². The Morgan fingerprint density at radius 1 is 1.04 bits per heavy atom. The summed E-state index contributed by atoms with van der Waals surface area (Å²) in [7, 11) is 0.383. The van der Waals surface area contributed by atoms with Crippen molar-refractivity contribution in [3.63, 3.8) is 0 Å². The summed E-state index contributed by atoms with van der Waals surface area (Å²) in [4.78, 5) is 12.1. The molecule has 0 aliphatic heterocycles. The van der Waals surface area contributed by atoms with Crippen LogP contribution in [0.15, 0.2) is 53.4 Å². The number of carbonyl (C=O) groups excluding carboxylic acids is 1. The summed E-state index contributed by atoms with van der Waals surface area (Å²) in [5.41, 5.74) is 0.601. The van der Waals surface area contributed by atoms with Crippen LogP contribution in [0.1, 0.15) is 0 Å². The van der Waals surface area contributed by atoms with Gasteiger partial charge in [-0.3, -0.25) is 4.79 Å². The Kier molecular flexibility index (Phi) is 6.00. The third-order valence-electron chi connectivity index (χ3n) is 3.49. The maximum atomic E-state index is 12.6. The molecule has 1 amide bonds. The second kappa shape index (κ2) is 8.00. The molecule has 2 aromatic carbocycles. The van der Waals surface area contributed by atoms with E-state index in [0.717, 1.165) is 4.31 Å². The SMILES string of the molecule is COc1ccc(S(=O)(=O)N(C)CC(=O)Nc2ccccc2)cc1OC. The molecule has 8 heteroatoms. The summed E-state index contributed by atoms with van der Waals surface area (Å²) in [6.45, 7) is -0.314. The van der Waals surface area contributed by atoms with Crippen molar-refractivity contribution in [1.82, 2.24) is 4.31 Å². The molecule has 7 nitrogen and oxygen atoms in total. The molecule has 134 valence electrons. The molecule has 0 radical (unpaired) electrons. The van der Waals surface area contributed by atoms with Gasteiger partial charge in [-0.25, -0.2) is 8.42 Å². The molecule has 2 rings (SSSR count). The number of nitrogens with one attached hydrogen (secondary N) is 1. The van der Waals surface area contributed by atoms with Crippen molar-refractivity contribution in [2.75, 3.05) is 33.1 Å². The Bertz CT molecular complexity index is 837. The monoisotopic (exact) mass is 364 g/mol. The highest BCUT2D eigenvalue weighted by molar-refractivity contribution is 7.89. The van der Waals surface area contributed by atoms with Crippen molar-refractivity contribution in [3.05, 3.63) is 48.5 Å². The van der Waals surface area contributed by atoms with Gasteiger partial charge in [-0.15, -0.1) is 0 Å². The predicted molar refractivity (Wildman–Crippen MR) is 94.4 cm³/mol. The fourth-order valence-electron chi connectivity index (χ4n) is 2.17. The molecule has 25 heavy (non-hydrogen) atoms. The number of methoxy groups -OCH3 is 2. The Morgan fingerprint density at radius 3 is 2.28 bits per heavy atom. The first-order valence-corrected chi connectivity index (χ1v) is 8.85. The fourth-order valence-corrected chi connectivity index (χ4v) is 3.31. The number of ether oxygens (including phenoxy) is 2. The average Bonchev–Trinajstić information content (AvgIpc) is 2.61. The van der Waals surface area contributed by atoms with Crippen LogP contribution >= 0.6 is 0 Å². The summed E-state index contributed by atoms with van der Waals surface area (Å²) in [5.74, 6) is 0.286. The highest BCUT2D eigenvalue weighted by atomic mass is 32.2. The number of amides is 1. The predicted octanol–water partition coefficient (Wildman–Crippen LogP) is 1.96. The fraction of sp³-hybridized carbons (Fsp3) is 0.235. The molecular weight excluding hydrogens is 344 g/mol. The van der Waals surface area contributed by atoms with E-state index in [0.29, 0.717) is 17.2 Å². The van der Waals surface area contributed by atoms with E-state index in [9.17, 15) is 13.2 Å². The number of benzene rings is 2. The van der Waals surface area contributed by atoms with Gasteiger partial charge >= 0.3 is 0 Å². The number of nitrogens with zero attached hydrogens (tertiary/aromatic N) is 1. The van der Waals surface area contributed by atoms with Crippen molar-refractivity contribution in [2.45, 2.75) is 4.90 Å². The first-order chi connectivity index (χ1) is 11.9.